The number of methoxy groups -OCH3 is 1. The lowest BCUT2D eigenvalue weighted by atomic mass is 10.0. The lowest BCUT2D eigenvalue weighted by molar-refractivity contribution is -0.152. The maximum Gasteiger partial charge on any atom is 0.408 e. The van der Waals surface area contributed by atoms with Gasteiger partial charge in [-0.2, -0.15) is 0 Å². The number of fused-ring (bicyclic) bond motifs is 1. The summed E-state index contributed by atoms with van der Waals surface area (Å²) < 4.78 is 16.1. The highest BCUT2D eigenvalue weighted by atomic mass is 32.2. The zero-order chi connectivity index (χ0) is 28.0. The third-order valence-electron chi connectivity index (χ3n) is 5.80. The number of amides is 2. The van der Waals surface area contributed by atoms with Crippen molar-refractivity contribution in [3.63, 3.8) is 0 Å². The number of hydrogen-bond acceptors (Lipinski definition) is 8. The van der Waals surface area contributed by atoms with Gasteiger partial charge in [0.2, 0.25) is 0 Å². The van der Waals surface area contributed by atoms with Gasteiger partial charge in [-0.15, -0.1) is 11.8 Å². The van der Waals surface area contributed by atoms with Gasteiger partial charge in [-0.05, 0) is 61.7 Å². The molecule has 1 fully saturated rings. The van der Waals surface area contributed by atoms with E-state index in [1.54, 1.807) is 70.6 Å². The molecule has 1 aromatic heterocycles. The zero-order valence-corrected chi connectivity index (χ0v) is 23.1. The van der Waals surface area contributed by atoms with Crippen LogP contribution in [0, 0.1) is 0 Å². The second kappa shape index (κ2) is 12.2. The summed E-state index contributed by atoms with van der Waals surface area (Å²) in [5, 5.41) is 2.20. The topological polar surface area (TPSA) is 107 Å². The van der Waals surface area contributed by atoms with Crippen molar-refractivity contribution in [1.82, 2.24) is 15.2 Å². The van der Waals surface area contributed by atoms with Crippen LogP contribution in [0.4, 0.5) is 4.79 Å². The van der Waals surface area contributed by atoms with Gasteiger partial charge in [0.15, 0.2) is 0 Å². The fourth-order valence-electron chi connectivity index (χ4n) is 3.95. The Morgan fingerprint density at radius 1 is 1.10 bits per heavy atom. The van der Waals surface area contributed by atoms with Crippen LogP contribution in [0.2, 0.25) is 0 Å². The Morgan fingerprint density at radius 2 is 1.79 bits per heavy atom. The molecule has 4 rings (SSSR count). The molecule has 10 heteroatoms. The van der Waals surface area contributed by atoms with E-state index in [1.807, 2.05) is 30.4 Å². The van der Waals surface area contributed by atoms with Gasteiger partial charge in [0, 0.05) is 18.1 Å². The van der Waals surface area contributed by atoms with Crippen LogP contribution in [0.25, 0.3) is 6.08 Å². The molecule has 9 nitrogen and oxygen atoms in total. The smallest absolute Gasteiger partial charge is 0.408 e. The molecule has 39 heavy (non-hydrogen) atoms. The monoisotopic (exact) mass is 549 g/mol. The molecule has 1 N–H and O–H groups in total. The molecule has 0 bridgehead atoms. The number of ether oxygens (including phenoxy) is 3. The highest BCUT2D eigenvalue weighted by Gasteiger charge is 2.54. The quantitative estimate of drug-likeness (QED) is 0.292. The third-order valence-corrected chi connectivity index (χ3v) is 7.10. The van der Waals surface area contributed by atoms with Crippen molar-refractivity contribution in [2.75, 3.05) is 12.9 Å². The molecular formula is C29H31N3O6S. The molecule has 2 atom stereocenters. The average molecular weight is 550 g/mol. The Kier molecular flexibility index (Phi) is 8.75. The average Bonchev–Trinajstić information content (AvgIpc) is 2.92. The number of allylic oxidation sites excluding steroid dienone is 3. The molecule has 2 amide bonds. The predicted molar refractivity (Wildman–Crippen MR) is 148 cm³/mol. The van der Waals surface area contributed by atoms with Gasteiger partial charge >= 0.3 is 12.1 Å². The first-order valence-corrected chi connectivity index (χ1v) is 13.4. The maximum absolute atomic E-state index is 13.3. The largest absolute Gasteiger partial charge is 0.497 e. The van der Waals surface area contributed by atoms with Crippen molar-refractivity contribution >= 4 is 35.8 Å². The van der Waals surface area contributed by atoms with Crippen LogP contribution in [0.1, 0.15) is 31.9 Å². The van der Waals surface area contributed by atoms with E-state index >= 15 is 0 Å². The van der Waals surface area contributed by atoms with Crippen LogP contribution < -0.4 is 10.1 Å². The molecule has 0 spiro atoms. The molecule has 1 aromatic carbocycles. The van der Waals surface area contributed by atoms with Crippen LogP contribution in [-0.4, -0.2) is 57.7 Å². The minimum Gasteiger partial charge on any atom is -0.497 e. The number of hydrogen-bond donors (Lipinski definition) is 1. The number of rotatable bonds is 8. The van der Waals surface area contributed by atoms with E-state index in [1.165, 1.54) is 16.7 Å². The Morgan fingerprint density at radius 3 is 2.46 bits per heavy atom. The van der Waals surface area contributed by atoms with Gasteiger partial charge in [0.25, 0.3) is 5.91 Å². The number of nitrogens with zero attached hydrogens (tertiary/aromatic N) is 2. The van der Waals surface area contributed by atoms with E-state index in [9.17, 15) is 14.4 Å². The first kappa shape index (κ1) is 28.0. The maximum atomic E-state index is 13.3. The van der Waals surface area contributed by atoms with E-state index < -0.39 is 35.0 Å². The highest BCUT2D eigenvalue weighted by Crippen LogP contribution is 2.41. The summed E-state index contributed by atoms with van der Waals surface area (Å²) in [6.45, 7) is 5.28. The second-order valence-corrected chi connectivity index (χ2v) is 10.9. The minimum absolute atomic E-state index is 0.0324. The number of benzene rings is 1. The standard InChI is InChI=1S/C29H31N3O6S/c1-29(2,3)38-28(35)31-23-25(33)32-24(27(34)37-17-20-9-11-22(36-4)12-10-20)21(18-39-26(23)32)8-6-5-7-19-13-15-30-16-14-19/h5-16,23,26H,17-18H2,1-4H3,(H,31,35)/b7-5+,8-6+/t23-,26-/m1/s1. The number of pyridine rings is 1. The van der Waals surface area contributed by atoms with Gasteiger partial charge in [-0.25, -0.2) is 9.59 Å². The first-order valence-electron chi connectivity index (χ1n) is 12.4. The summed E-state index contributed by atoms with van der Waals surface area (Å²) in [6, 6.07) is 10.1. The lowest BCUT2D eigenvalue weighted by Crippen LogP contribution is -2.70. The van der Waals surface area contributed by atoms with Crippen molar-refractivity contribution in [2.45, 2.75) is 44.4 Å². The lowest BCUT2D eigenvalue weighted by Gasteiger charge is -2.49. The Labute approximate surface area is 231 Å². The fourth-order valence-corrected chi connectivity index (χ4v) is 5.27. The molecule has 2 aromatic rings. The number of alkyl carbamates (subject to hydrolysis) is 1. The summed E-state index contributed by atoms with van der Waals surface area (Å²) in [5.74, 6) is 0.139. The summed E-state index contributed by atoms with van der Waals surface area (Å²) >= 11 is 1.46. The highest BCUT2D eigenvalue weighted by molar-refractivity contribution is 8.00. The van der Waals surface area contributed by atoms with Crippen molar-refractivity contribution in [3.05, 3.63) is 89.4 Å². The van der Waals surface area contributed by atoms with Gasteiger partial charge in [0.1, 0.15) is 35.1 Å². The van der Waals surface area contributed by atoms with Crippen molar-refractivity contribution in [3.8, 4) is 5.75 Å². The molecule has 0 unspecified atom stereocenters. The molecule has 0 saturated carbocycles. The molecule has 0 radical (unpaired) electrons. The van der Waals surface area contributed by atoms with Crippen LogP contribution in [-0.2, 0) is 25.7 Å². The molecule has 3 heterocycles. The van der Waals surface area contributed by atoms with Gasteiger partial charge in [-0.1, -0.05) is 36.4 Å². The number of thioether (sulfide) groups is 1. The molecule has 2 aliphatic heterocycles. The van der Waals surface area contributed by atoms with Gasteiger partial charge in [0.05, 0.1) is 7.11 Å². The second-order valence-electron chi connectivity index (χ2n) is 9.83. The number of β-lactam (4-membered cyclic amide) rings is 1. The van der Waals surface area contributed by atoms with Crippen LogP contribution in [0.5, 0.6) is 5.75 Å². The van der Waals surface area contributed by atoms with E-state index in [2.05, 4.69) is 10.3 Å². The summed E-state index contributed by atoms with van der Waals surface area (Å²) in [5.41, 5.74) is 1.89. The summed E-state index contributed by atoms with van der Waals surface area (Å²) in [4.78, 5) is 44.2. The van der Waals surface area contributed by atoms with E-state index in [0.29, 0.717) is 17.1 Å². The van der Waals surface area contributed by atoms with Crippen molar-refractivity contribution in [1.29, 1.82) is 0 Å². The van der Waals surface area contributed by atoms with Crippen molar-refractivity contribution < 1.29 is 28.6 Å². The van der Waals surface area contributed by atoms with Crippen LogP contribution in [0.15, 0.2) is 78.3 Å². The van der Waals surface area contributed by atoms with Gasteiger partial charge < -0.3 is 19.5 Å². The number of nitrogens with one attached hydrogen (secondary N) is 1. The molecule has 2 aliphatic rings. The summed E-state index contributed by atoms with van der Waals surface area (Å²) in [6.07, 6.45) is 10.1. The number of esters is 1. The minimum atomic E-state index is -0.800. The molecular weight excluding hydrogens is 518 g/mol. The zero-order valence-electron chi connectivity index (χ0n) is 22.2. The van der Waals surface area contributed by atoms with Crippen LogP contribution >= 0.6 is 11.8 Å². The van der Waals surface area contributed by atoms with Gasteiger partial charge in [-0.3, -0.25) is 14.7 Å². The Bertz CT molecular complexity index is 1300. The van der Waals surface area contributed by atoms with E-state index in [4.69, 9.17) is 14.2 Å². The Balaban J connectivity index is 1.53. The molecule has 204 valence electrons. The Hall–Kier alpha value is -4.05. The molecule has 0 aliphatic carbocycles. The third kappa shape index (κ3) is 7.08. The van der Waals surface area contributed by atoms with E-state index in [-0.39, 0.29) is 12.3 Å². The van der Waals surface area contributed by atoms with Crippen LogP contribution in [0.3, 0.4) is 0 Å². The SMILES string of the molecule is COc1ccc(COC(=O)C2=C(/C=C/C=C/c3ccncc3)CS[C@@H]3[C@H](NC(=O)OC(C)(C)C)C(=O)N23)cc1. The fraction of sp³-hybridized carbons (Fsp3) is 0.310. The van der Waals surface area contributed by atoms with Crippen molar-refractivity contribution in [2.24, 2.45) is 0 Å². The first-order chi connectivity index (χ1) is 18.7. The van der Waals surface area contributed by atoms with E-state index in [0.717, 1.165) is 11.1 Å². The number of carbonyl (C=O) groups excluding carboxylic acids is 3. The number of aromatic nitrogens is 1. The normalized spacial score (nSPS) is 19.1. The molecule has 1 saturated heterocycles. The predicted octanol–water partition coefficient (Wildman–Crippen LogP) is 4.47. The summed E-state index contributed by atoms with van der Waals surface area (Å²) in [7, 11) is 1.58. The number of carbonyl (C=O) groups is 3.